The second-order valence-corrected chi connectivity index (χ2v) is 5.09. The Bertz CT molecular complexity index is 479. The minimum Gasteiger partial charge on any atom is -0.472 e. The summed E-state index contributed by atoms with van der Waals surface area (Å²) in [5.41, 5.74) is 3.84. The summed E-state index contributed by atoms with van der Waals surface area (Å²) in [4.78, 5) is 0. The number of hydrogen-bond acceptors (Lipinski definition) is 2. The number of furan rings is 1. The van der Waals surface area contributed by atoms with Crippen molar-refractivity contribution in [1.82, 2.24) is 5.32 Å². The number of nitrogens with one attached hydrogen (secondary N) is 1. The Morgan fingerprint density at radius 3 is 2.82 bits per heavy atom. The van der Waals surface area contributed by atoms with Crippen LogP contribution in [0.2, 0.25) is 0 Å². The average Bonchev–Trinajstić information content (AvgIpc) is 2.82. The molecular formula is C14H16BrNO. The summed E-state index contributed by atoms with van der Waals surface area (Å²) in [6, 6.07) is 8.71. The third-order valence-electron chi connectivity index (χ3n) is 2.99. The lowest BCUT2D eigenvalue weighted by Gasteiger charge is -2.18. The molecule has 1 atom stereocenters. The Hall–Kier alpha value is -1.06. The Labute approximate surface area is 110 Å². The highest BCUT2D eigenvalue weighted by atomic mass is 79.9. The lowest BCUT2D eigenvalue weighted by atomic mass is 9.97. The first-order chi connectivity index (χ1) is 8.20. The summed E-state index contributed by atoms with van der Waals surface area (Å²) >= 11 is 3.53. The van der Waals surface area contributed by atoms with E-state index in [9.17, 15) is 0 Å². The summed E-state index contributed by atoms with van der Waals surface area (Å²) in [6.45, 7) is 2.14. The van der Waals surface area contributed by atoms with Crippen molar-refractivity contribution in [2.45, 2.75) is 19.4 Å². The quantitative estimate of drug-likeness (QED) is 0.926. The summed E-state index contributed by atoms with van der Waals surface area (Å²) < 4.78 is 6.23. The first kappa shape index (κ1) is 12.4. The highest BCUT2D eigenvalue weighted by Gasteiger charge is 2.13. The molecule has 2 rings (SSSR count). The largest absolute Gasteiger partial charge is 0.472 e. The summed E-state index contributed by atoms with van der Waals surface area (Å²) in [5, 5.41) is 3.36. The van der Waals surface area contributed by atoms with E-state index in [0.29, 0.717) is 6.04 Å². The van der Waals surface area contributed by atoms with Crippen molar-refractivity contribution in [2.75, 3.05) is 7.05 Å². The number of likely N-dealkylation sites (N-methyl/N-ethyl adjacent to an activating group) is 1. The molecule has 0 amide bonds. The molecule has 0 radical (unpaired) electrons. The predicted octanol–water partition coefficient (Wildman–Crippen LogP) is 3.85. The number of aryl methyl sites for hydroxylation is 1. The molecule has 1 aromatic heterocycles. The fourth-order valence-corrected chi connectivity index (χ4v) is 2.38. The van der Waals surface area contributed by atoms with Crippen LogP contribution in [0.15, 0.2) is 45.7 Å². The van der Waals surface area contributed by atoms with Gasteiger partial charge < -0.3 is 9.73 Å². The van der Waals surface area contributed by atoms with Crippen LogP contribution in [0.4, 0.5) is 0 Å². The molecule has 2 aromatic rings. The predicted molar refractivity (Wildman–Crippen MR) is 73.1 cm³/mol. The van der Waals surface area contributed by atoms with E-state index < -0.39 is 0 Å². The monoisotopic (exact) mass is 293 g/mol. The Morgan fingerprint density at radius 1 is 1.35 bits per heavy atom. The van der Waals surface area contributed by atoms with E-state index in [1.54, 1.807) is 12.5 Å². The van der Waals surface area contributed by atoms with Crippen LogP contribution in [0.25, 0.3) is 0 Å². The van der Waals surface area contributed by atoms with Crippen LogP contribution in [0, 0.1) is 6.92 Å². The lowest BCUT2D eigenvalue weighted by Crippen LogP contribution is -2.19. The van der Waals surface area contributed by atoms with Gasteiger partial charge in [0.25, 0.3) is 0 Å². The molecule has 3 heteroatoms. The van der Waals surface area contributed by atoms with E-state index in [2.05, 4.69) is 46.4 Å². The van der Waals surface area contributed by atoms with E-state index >= 15 is 0 Å². The third-order valence-corrected chi connectivity index (χ3v) is 3.48. The van der Waals surface area contributed by atoms with Crippen molar-refractivity contribution in [1.29, 1.82) is 0 Å². The molecule has 1 unspecified atom stereocenters. The maximum Gasteiger partial charge on any atom is 0.0935 e. The lowest BCUT2D eigenvalue weighted by molar-refractivity contribution is 0.551. The van der Waals surface area contributed by atoms with Crippen molar-refractivity contribution in [3.05, 3.63) is 58.0 Å². The van der Waals surface area contributed by atoms with Crippen LogP contribution in [-0.2, 0) is 6.42 Å². The zero-order valence-electron chi connectivity index (χ0n) is 10.0. The van der Waals surface area contributed by atoms with Gasteiger partial charge in [-0.15, -0.1) is 0 Å². The molecule has 0 spiro atoms. The fraction of sp³-hybridized carbons (Fsp3) is 0.286. The van der Waals surface area contributed by atoms with Crippen molar-refractivity contribution in [3.63, 3.8) is 0 Å². The van der Waals surface area contributed by atoms with Gasteiger partial charge in [-0.25, -0.2) is 0 Å². The number of hydrogen-bond donors (Lipinski definition) is 1. The van der Waals surface area contributed by atoms with Gasteiger partial charge in [-0.2, -0.15) is 0 Å². The molecule has 2 nitrogen and oxygen atoms in total. The maximum atomic E-state index is 5.11. The Kier molecular flexibility index (Phi) is 4.02. The number of halogens is 1. The molecule has 0 aliphatic rings. The van der Waals surface area contributed by atoms with Crippen LogP contribution in [0.3, 0.4) is 0 Å². The maximum absolute atomic E-state index is 5.11. The van der Waals surface area contributed by atoms with Crippen LogP contribution in [-0.4, -0.2) is 7.05 Å². The minimum absolute atomic E-state index is 0.310. The topological polar surface area (TPSA) is 25.2 Å². The first-order valence-electron chi connectivity index (χ1n) is 5.65. The van der Waals surface area contributed by atoms with E-state index in [4.69, 9.17) is 4.42 Å². The van der Waals surface area contributed by atoms with E-state index in [-0.39, 0.29) is 0 Å². The smallest absolute Gasteiger partial charge is 0.0935 e. The molecule has 1 N–H and O–H groups in total. The molecule has 0 saturated carbocycles. The molecule has 17 heavy (non-hydrogen) atoms. The third kappa shape index (κ3) is 2.99. The first-order valence-corrected chi connectivity index (χ1v) is 6.44. The van der Waals surface area contributed by atoms with Crippen molar-refractivity contribution < 1.29 is 4.42 Å². The molecule has 0 saturated heterocycles. The van der Waals surface area contributed by atoms with Gasteiger partial charge in [0.05, 0.1) is 12.5 Å². The number of benzene rings is 1. The van der Waals surface area contributed by atoms with Crippen LogP contribution >= 0.6 is 15.9 Å². The SMILES string of the molecule is CNC(Cc1ccoc1)c1cc(Br)ccc1C. The van der Waals surface area contributed by atoms with E-state index in [0.717, 1.165) is 10.9 Å². The minimum atomic E-state index is 0.310. The van der Waals surface area contributed by atoms with Gasteiger partial charge in [-0.3, -0.25) is 0 Å². The standard InChI is InChI=1S/C14H16BrNO/c1-10-3-4-12(15)8-13(10)14(16-2)7-11-5-6-17-9-11/h3-6,8-9,14,16H,7H2,1-2H3. The summed E-state index contributed by atoms with van der Waals surface area (Å²) in [6.07, 6.45) is 4.46. The van der Waals surface area contributed by atoms with Crippen molar-refractivity contribution >= 4 is 15.9 Å². The zero-order chi connectivity index (χ0) is 12.3. The fourth-order valence-electron chi connectivity index (χ4n) is 2.00. The normalized spacial score (nSPS) is 12.6. The van der Waals surface area contributed by atoms with Gasteiger partial charge in [-0.05, 0) is 55.3 Å². The van der Waals surface area contributed by atoms with E-state index in [1.165, 1.54) is 16.7 Å². The Morgan fingerprint density at radius 2 is 2.18 bits per heavy atom. The highest BCUT2D eigenvalue weighted by molar-refractivity contribution is 9.10. The van der Waals surface area contributed by atoms with E-state index in [1.807, 2.05) is 13.1 Å². The van der Waals surface area contributed by atoms with Gasteiger partial charge in [0.15, 0.2) is 0 Å². The number of rotatable bonds is 4. The van der Waals surface area contributed by atoms with Crippen LogP contribution in [0.1, 0.15) is 22.7 Å². The molecule has 0 fully saturated rings. The zero-order valence-corrected chi connectivity index (χ0v) is 11.6. The molecule has 0 aliphatic carbocycles. The molecule has 1 aromatic carbocycles. The average molecular weight is 294 g/mol. The molecule has 0 aliphatic heterocycles. The summed E-state index contributed by atoms with van der Waals surface area (Å²) in [5.74, 6) is 0. The molecule has 0 bridgehead atoms. The van der Waals surface area contributed by atoms with Gasteiger partial charge in [0, 0.05) is 10.5 Å². The molecule has 1 heterocycles. The van der Waals surface area contributed by atoms with Gasteiger partial charge >= 0.3 is 0 Å². The molecular weight excluding hydrogens is 278 g/mol. The molecule has 90 valence electrons. The van der Waals surface area contributed by atoms with Crippen LogP contribution < -0.4 is 5.32 Å². The Balaban J connectivity index is 2.25. The van der Waals surface area contributed by atoms with Gasteiger partial charge in [-0.1, -0.05) is 22.0 Å². The summed E-state index contributed by atoms with van der Waals surface area (Å²) in [7, 11) is 1.99. The van der Waals surface area contributed by atoms with Crippen LogP contribution in [0.5, 0.6) is 0 Å². The van der Waals surface area contributed by atoms with Gasteiger partial charge in [0.2, 0.25) is 0 Å². The van der Waals surface area contributed by atoms with Crippen molar-refractivity contribution in [2.24, 2.45) is 0 Å². The van der Waals surface area contributed by atoms with Gasteiger partial charge in [0.1, 0.15) is 0 Å². The highest BCUT2D eigenvalue weighted by Crippen LogP contribution is 2.25. The van der Waals surface area contributed by atoms with Crippen molar-refractivity contribution in [3.8, 4) is 0 Å². The second kappa shape index (κ2) is 5.52. The second-order valence-electron chi connectivity index (χ2n) is 4.18.